The average molecular weight is 287 g/mol. The molecule has 1 heterocycles. The highest BCUT2D eigenvalue weighted by molar-refractivity contribution is 5.77. The van der Waals surface area contributed by atoms with Crippen molar-refractivity contribution in [2.75, 3.05) is 0 Å². The van der Waals surface area contributed by atoms with Crippen LogP contribution in [0.1, 0.15) is 17.0 Å². The molecule has 108 valence electrons. The maximum Gasteiger partial charge on any atom is 0.162 e. The zero-order valence-electron chi connectivity index (χ0n) is 11.6. The highest BCUT2D eigenvalue weighted by Crippen LogP contribution is 2.20. The number of imidazole rings is 1. The van der Waals surface area contributed by atoms with Gasteiger partial charge in [-0.25, -0.2) is 13.8 Å². The molecule has 0 aliphatic heterocycles. The van der Waals surface area contributed by atoms with Crippen molar-refractivity contribution in [1.82, 2.24) is 9.55 Å². The lowest BCUT2D eigenvalue weighted by atomic mass is 10.1. The van der Waals surface area contributed by atoms with Crippen LogP contribution in [0.2, 0.25) is 0 Å². The molecule has 3 nitrogen and oxygen atoms in total. The van der Waals surface area contributed by atoms with Crippen molar-refractivity contribution in [2.24, 2.45) is 12.8 Å². The number of aryl methyl sites for hydroxylation is 1. The van der Waals surface area contributed by atoms with Crippen molar-refractivity contribution in [3.05, 3.63) is 65.0 Å². The monoisotopic (exact) mass is 287 g/mol. The van der Waals surface area contributed by atoms with Gasteiger partial charge >= 0.3 is 0 Å². The number of nitrogens with zero attached hydrogens (tertiary/aromatic N) is 2. The van der Waals surface area contributed by atoms with E-state index in [0.29, 0.717) is 17.9 Å². The molecule has 0 saturated carbocycles. The van der Waals surface area contributed by atoms with Crippen molar-refractivity contribution >= 4 is 11.0 Å². The van der Waals surface area contributed by atoms with E-state index in [1.807, 2.05) is 29.8 Å². The zero-order valence-corrected chi connectivity index (χ0v) is 11.6. The SMILES string of the molecule is Cn1c(Cc2cccc(F)c2F)nc2ccc(CN)cc21. The molecule has 3 rings (SSSR count). The topological polar surface area (TPSA) is 43.8 Å². The summed E-state index contributed by atoms with van der Waals surface area (Å²) in [7, 11) is 1.86. The average Bonchev–Trinajstić information content (AvgIpc) is 2.80. The van der Waals surface area contributed by atoms with Crippen LogP contribution < -0.4 is 5.73 Å². The highest BCUT2D eigenvalue weighted by atomic mass is 19.2. The summed E-state index contributed by atoms with van der Waals surface area (Å²) in [6.07, 6.45) is 0.243. The Morgan fingerprint density at radius 3 is 2.76 bits per heavy atom. The standard InChI is InChI=1S/C16H15F2N3/c1-21-14-7-10(9-19)5-6-13(14)20-15(21)8-11-3-2-4-12(17)16(11)18/h2-7H,8-9,19H2,1H3. The second-order valence-electron chi connectivity index (χ2n) is 5.00. The molecule has 0 bridgehead atoms. The molecule has 5 heteroatoms. The molecule has 0 saturated heterocycles. The van der Waals surface area contributed by atoms with Crippen LogP contribution >= 0.6 is 0 Å². The molecule has 3 aromatic rings. The van der Waals surface area contributed by atoms with Crippen molar-refractivity contribution in [2.45, 2.75) is 13.0 Å². The van der Waals surface area contributed by atoms with E-state index in [1.54, 1.807) is 6.07 Å². The van der Waals surface area contributed by atoms with E-state index in [-0.39, 0.29) is 6.42 Å². The number of halogens is 2. The lowest BCUT2D eigenvalue weighted by Crippen LogP contribution is -2.02. The van der Waals surface area contributed by atoms with Crippen LogP contribution in [0.4, 0.5) is 8.78 Å². The van der Waals surface area contributed by atoms with Gasteiger partial charge in [-0.15, -0.1) is 0 Å². The van der Waals surface area contributed by atoms with Gasteiger partial charge in [0.1, 0.15) is 5.82 Å². The summed E-state index contributed by atoms with van der Waals surface area (Å²) in [5.74, 6) is -0.965. The predicted molar refractivity (Wildman–Crippen MR) is 77.8 cm³/mol. The summed E-state index contributed by atoms with van der Waals surface area (Å²) in [5, 5.41) is 0. The molecule has 0 aliphatic rings. The van der Waals surface area contributed by atoms with Crippen LogP contribution in [-0.4, -0.2) is 9.55 Å². The van der Waals surface area contributed by atoms with Crippen molar-refractivity contribution < 1.29 is 8.78 Å². The summed E-state index contributed by atoms with van der Waals surface area (Å²) in [6, 6.07) is 9.96. The van der Waals surface area contributed by atoms with Crippen molar-refractivity contribution in [3.63, 3.8) is 0 Å². The van der Waals surface area contributed by atoms with Crippen LogP contribution in [-0.2, 0) is 20.0 Å². The van der Waals surface area contributed by atoms with E-state index in [2.05, 4.69) is 4.98 Å². The summed E-state index contributed by atoms with van der Waals surface area (Å²) < 4.78 is 28.9. The van der Waals surface area contributed by atoms with E-state index >= 15 is 0 Å². The molecular weight excluding hydrogens is 272 g/mol. The first kappa shape index (κ1) is 13.7. The number of benzene rings is 2. The third-order valence-corrected chi connectivity index (χ3v) is 3.65. The molecule has 2 N–H and O–H groups in total. The van der Waals surface area contributed by atoms with Crippen LogP contribution in [0.5, 0.6) is 0 Å². The minimum atomic E-state index is -0.836. The van der Waals surface area contributed by atoms with Crippen LogP contribution in [0.15, 0.2) is 36.4 Å². The van der Waals surface area contributed by atoms with Gasteiger partial charge in [0.25, 0.3) is 0 Å². The Balaban J connectivity index is 2.05. The summed E-state index contributed by atoms with van der Waals surface area (Å²) >= 11 is 0. The molecule has 0 unspecified atom stereocenters. The molecule has 0 atom stereocenters. The fourth-order valence-corrected chi connectivity index (χ4v) is 2.43. The summed E-state index contributed by atoms with van der Waals surface area (Å²) in [5.41, 5.74) is 8.70. The highest BCUT2D eigenvalue weighted by Gasteiger charge is 2.13. The van der Waals surface area contributed by atoms with E-state index < -0.39 is 11.6 Å². The predicted octanol–water partition coefficient (Wildman–Crippen LogP) is 2.90. The number of aromatic nitrogens is 2. The first-order valence-corrected chi connectivity index (χ1v) is 6.67. The molecule has 0 spiro atoms. The Hall–Kier alpha value is -2.27. The molecule has 0 radical (unpaired) electrons. The van der Waals surface area contributed by atoms with Gasteiger partial charge in [0.15, 0.2) is 11.6 Å². The van der Waals surface area contributed by atoms with Crippen molar-refractivity contribution in [1.29, 1.82) is 0 Å². The van der Waals surface area contributed by atoms with Gasteiger partial charge in [-0.3, -0.25) is 0 Å². The van der Waals surface area contributed by atoms with Crippen LogP contribution in [0.3, 0.4) is 0 Å². The van der Waals surface area contributed by atoms with Gasteiger partial charge in [-0.05, 0) is 29.3 Å². The van der Waals surface area contributed by atoms with Gasteiger partial charge in [-0.2, -0.15) is 0 Å². The second-order valence-corrected chi connectivity index (χ2v) is 5.00. The molecule has 0 aliphatic carbocycles. The maximum absolute atomic E-state index is 13.8. The largest absolute Gasteiger partial charge is 0.331 e. The molecule has 0 amide bonds. The van der Waals surface area contributed by atoms with Gasteiger partial charge in [-0.1, -0.05) is 18.2 Å². The first-order chi connectivity index (χ1) is 10.1. The normalized spacial score (nSPS) is 11.2. The fraction of sp³-hybridized carbons (Fsp3) is 0.188. The van der Waals surface area contributed by atoms with Gasteiger partial charge < -0.3 is 10.3 Å². The minimum Gasteiger partial charge on any atom is -0.331 e. The Morgan fingerprint density at radius 1 is 1.19 bits per heavy atom. The molecule has 1 aromatic heterocycles. The van der Waals surface area contributed by atoms with Crippen molar-refractivity contribution in [3.8, 4) is 0 Å². The van der Waals surface area contributed by atoms with E-state index in [0.717, 1.165) is 22.7 Å². The molecule has 21 heavy (non-hydrogen) atoms. The maximum atomic E-state index is 13.8. The molecule has 2 aromatic carbocycles. The van der Waals surface area contributed by atoms with E-state index in [9.17, 15) is 8.78 Å². The first-order valence-electron chi connectivity index (χ1n) is 6.67. The lowest BCUT2D eigenvalue weighted by molar-refractivity contribution is 0.499. The number of fused-ring (bicyclic) bond motifs is 1. The van der Waals surface area contributed by atoms with E-state index in [1.165, 1.54) is 6.07 Å². The fourth-order valence-electron chi connectivity index (χ4n) is 2.43. The number of hydrogen-bond donors (Lipinski definition) is 1. The number of nitrogens with two attached hydrogens (primary N) is 1. The third-order valence-electron chi connectivity index (χ3n) is 3.65. The smallest absolute Gasteiger partial charge is 0.162 e. The Labute approximate surface area is 121 Å². The van der Waals surface area contributed by atoms with Gasteiger partial charge in [0, 0.05) is 20.0 Å². The minimum absolute atomic E-state index is 0.243. The zero-order chi connectivity index (χ0) is 15.0. The van der Waals surface area contributed by atoms with Crippen LogP contribution in [0.25, 0.3) is 11.0 Å². The quantitative estimate of drug-likeness (QED) is 0.805. The molecular formula is C16H15F2N3. The lowest BCUT2D eigenvalue weighted by Gasteiger charge is -2.05. The van der Waals surface area contributed by atoms with Gasteiger partial charge in [0.05, 0.1) is 11.0 Å². The number of rotatable bonds is 3. The van der Waals surface area contributed by atoms with Gasteiger partial charge in [0.2, 0.25) is 0 Å². The van der Waals surface area contributed by atoms with Crippen LogP contribution in [0, 0.1) is 11.6 Å². The third kappa shape index (κ3) is 2.40. The molecule has 0 fully saturated rings. The Morgan fingerprint density at radius 2 is 2.00 bits per heavy atom. The summed E-state index contributed by atoms with van der Waals surface area (Å²) in [4.78, 5) is 4.49. The Bertz CT molecular complexity index is 809. The second kappa shape index (κ2) is 5.26. The number of hydrogen-bond acceptors (Lipinski definition) is 2. The summed E-state index contributed by atoms with van der Waals surface area (Å²) in [6.45, 7) is 0.453. The Kier molecular flexibility index (Phi) is 3.43. The van der Waals surface area contributed by atoms with E-state index in [4.69, 9.17) is 5.73 Å².